The zero-order chi connectivity index (χ0) is 9.68. The lowest BCUT2D eigenvalue weighted by Gasteiger charge is -2.03. The Kier molecular flexibility index (Phi) is 3.86. The largest absolute Gasteiger partial charge is 0.383 e. The Labute approximate surface area is 85.8 Å². The smallest absolute Gasteiger partial charge is 0.114 e. The monoisotopic (exact) mass is 239 g/mol. The summed E-state index contributed by atoms with van der Waals surface area (Å²) in [7, 11) is 0. The van der Waals surface area contributed by atoms with Gasteiger partial charge in [0.1, 0.15) is 10.7 Å². The van der Waals surface area contributed by atoms with Crippen LogP contribution in [0, 0.1) is 0 Å². The molecule has 68 valence electrons. The van der Waals surface area contributed by atoms with Crippen LogP contribution in [-0.2, 0) is 0 Å². The lowest BCUT2D eigenvalue weighted by molar-refractivity contribution is 0.223. The van der Waals surface area contributed by atoms with E-state index >= 15 is 0 Å². The molecule has 1 aromatic heterocycles. The zero-order valence-electron chi connectivity index (χ0n) is 7.02. The summed E-state index contributed by atoms with van der Waals surface area (Å²) >= 11 is 3.23. The highest BCUT2D eigenvalue weighted by Crippen LogP contribution is 2.14. The Balaban J connectivity index is 2.82. The van der Waals surface area contributed by atoms with Crippen molar-refractivity contribution < 1.29 is 5.11 Å². The number of hydrogen-bond donors (Lipinski definition) is 1. The van der Waals surface area contributed by atoms with E-state index in [1.165, 1.54) is 0 Å². The van der Waals surface area contributed by atoms with Crippen molar-refractivity contribution in [1.82, 2.24) is 4.98 Å². The Bertz CT molecular complexity index is 322. The third kappa shape index (κ3) is 3.13. The van der Waals surface area contributed by atoms with Crippen LogP contribution in [0.2, 0.25) is 0 Å². The summed E-state index contributed by atoms with van der Waals surface area (Å²) in [6.07, 6.45) is 4.26. The number of pyridine rings is 1. The van der Waals surface area contributed by atoms with E-state index in [1.54, 1.807) is 24.3 Å². The van der Waals surface area contributed by atoms with E-state index in [0.717, 1.165) is 4.60 Å². The first-order valence-electron chi connectivity index (χ1n) is 3.84. The van der Waals surface area contributed by atoms with Crippen LogP contribution < -0.4 is 0 Å². The number of nitrogens with zero attached hydrogens (tertiary/aromatic N) is 1. The molecule has 1 heterocycles. The summed E-state index contributed by atoms with van der Waals surface area (Å²) in [4.78, 5) is 4.11. The van der Waals surface area contributed by atoms with Crippen LogP contribution in [0.15, 0.2) is 47.6 Å². The van der Waals surface area contributed by atoms with Gasteiger partial charge in [-0.15, -0.1) is 0 Å². The van der Waals surface area contributed by atoms with Crippen LogP contribution in [0.25, 0.3) is 0 Å². The minimum Gasteiger partial charge on any atom is -0.383 e. The van der Waals surface area contributed by atoms with Crippen LogP contribution in [0.1, 0.15) is 11.8 Å². The minimum atomic E-state index is -0.671. The van der Waals surface area contributed by atoms with Gasteiger partial charge < -0.3 is 5.11 Å². The Morgan fingerprint density at radius 3 is 2.92 bits per heavy atom. The van der Waals surface area contributed by atoms with E-state index < -0.39 is 6.10 Å². The van der Waals surface area contributed by atoms with Gasteiger partial charge in [-0.25, -0.2) is 4.98 Å². The number of halogens is 1. The van der Waals surface area contributed by atoms with Gasteiger partial charge >= 0.3 is 0 Å². The highest BCUT2D eigenvalue weighted by molar-refractivity contribution is 9.10. The van der Waals surface area contributed by atoms with Gasteiger partial charge in [-0.05, 0) is 28.1 Å². The molecule has 0 aliphatic rings. The first kappa shape index (κ1) is 10.2. The van der Waals surface area contributed by atoms with Crippen LogP contribution in [-0.4, -0.2) is 10.1 Å². The molecule has 0 radical (unpaired) electrons. The summed E-state index contributed by atoms with van der Waals surface area (Å²) in [5, 5.41) is 9.56. The molecule has 1 unspecified atom stereocenters. The number of allylic oxidation sites excluding steroid dienone is 2. The molecule has 0 saturated heterocycles. The van der Waals surface area contributed by atoms with Crippen molar-refractivity contribution in [2.75, 3.05) is 0 Å². The van der Waals surface area contributed by atoms with Crippen molar-refractivity contribution in [3.8, 4) is 0 Å². The normalized spacial score (nSPS) is 13.1. The van der Waals surface area contributed by atoms with Crippen molar-refractivity contribution in [3.05, 3.63) is 53.3 Å². The molecule has 2 nitrogen and oxygen atoms in total. The number of aliphatic hydroxyl groups is 1. The van der Waals surface area contributed by atoms with Crippen LogP contribution in [0.4, 0.5) is 0 Å². The van der Waals surface area contributed by atoms with Crippen molar-refractivity contribution in [3.63, 3.8) is 0 Å². The molecular weight excluding hydrogens is 230 g/mol. The summed E-state index contributed by atoms with van der Waals surface area (Å²) in [6.45, 7) is 3.52. The Morgan fingerprint density at radius 1 is 1.54 bits per heavy atom. The molecule has 0 spiro atoms. The first-order valence-corrected chi connectivity index (χ1v) is 4.63. The summed E-state index contributed by atoms with van der Waals surface area (Å²) in [5.41, 5.74) is 0.618. The van der Waals surface area contributed by atoms with Crippen LogP contribution in [0.5, 0.6) is 0 Å². The molecule has 1 atom stereocenters. The quantitative estimate of drug-likeness (QED) is 0.650. The number of aromatic nitrogens is 1. The van der Waals surface area contributed by atoms with E-state index in [1.807, 2.05) is 12.1 Å². The predicted molar refractivity (Wildman–Crippen MR) is 56.2 cm³/mol. The summed E-state index contributed by atoms with van der Waals surface area (Å²) in [5.74, 6) is 0. The third-order valence-corrected chi connectivity index (χ3v) is 1.91. The molecule has 0 aliphatic heterocycles. The maximum absolute atomic E-state index is 9.56. The fourth-order valence-electron chi connectivity index (χ4n) is 0.871. The molecule has 3 heteroatoms. The van der Waals surface area contributed by atoms with Gasteiger partial charge in [-0.3, -0.25) is 0 Å². The molecule has 0 aliphatic carbocycles. The molecule has 1 rings (SSSR count). The number of hydrogen-bond acceptors (Lipinski definition) is 2. The average Bonchev–Trinajstić information content (AvgIpc) is 2.14. The molecule has 13 heavy (non-hydrogen) atoms. The second kappa shape index (κ2) is 4.94. The van der Waals surface area contributed by atoms with Gasteiger partial charge in [-0.1, -0.05) is 30.9 Å². The van der Waals surface area contributed by atoms with Crippen LogP contribution >= 0.6 is 15.9 Å². The zero-order valence-corrected chi connectivity index (χ0v) is 8.61. The third-order valence-electron chi connectivity index (χ3n) is 1.47. The number of aliphatic hydroxyl groups excluding tert-OH is 1. The lowest BCUT2D eigenvalue weighted by atomic mass is 10.2. The predicted octanol–water partition coefficient (Wildman–Crippen LogP) is 2.62. The molecule has 1 N–H and O–H groups in total. The van der Waals surface area contributed by atoms with Crippen LogP contribution in [0.3, 0.4) is 0 Å². The van der Waals surface area contributed by atoms with E-state index in [9.17, 15) is 5.11 Å². The van der Waals surface area contributed by atoms with E-state index in [-0.39, 0.29) is 0 Å². The minimum absolute atomic E-state index is 0.618. The van der Waals surface area contributed by atoms with Crippen molar-refractivity contribution in [1.29, 1.82) is 0 Å². The van der Waals surface area contributed by atoms with E-state index in [0.29, 0.717) is 5.69 Å². The Hall–Kier alpha value is -0.930. The molecule has 1 aromatic rings. The summed E-state index contributed by atoms with van der Waals surface area (Å²) < 4.78 is 0.719. The SMILES string of the molecule is C=C/C=C/C(O)c1cccc(Br)n1. The second-order valence-electron chi connectivity index (χ2n) is 2.45. The molecule has 0 fully saturated rings. The maximum atomic E-state index is 9.56. The van der Waals surface area contributed by atoms with Gasteiger partial charge in [-0.2, -0.15) is 0 Å². The van der Waals surface area contributed by atoms with E-state index in [4.69, 9.17) is 0 Å². The number of rotatable bonds is 3. The van der Waals surface area contributed by atoms with Gasteiger partial charge in [0.05, 0.1) is 5.69 Å². The fraction of sp³-hybridized carbons (Fsp3) is 0.100. The molecular formula is C10H10BrNO. The topological polar surface area (TPSA) is 33.1 Å². The lowest BCUT2D eigenvalue weighted by Crippen LogP contribution is -1.96. The van der Waals surface area contributed by atoms with Crippen molar-refractivity contribution >= 4 is 15.9 Å². The van der Waals surface area contributed by atoms with Gasteiger partial charge in [0.25, 0.3) is 0 Å². The molecule has 0 saturated carbocycles. The fourth-order valence-corrected chi connectivity index (χ4v) is 1.23. The summed E-state index contributed by atoms with van der Waals surface area (Å²) in [6, 6.07) is 5.41. The van der Waals surface area contributed by atoms with Gasteiger partial charge in [0.15, 0.2) is 0 Å². The first-order chi connectivity index (χ1) is 6.24. The molecule has 0 aromatic carbocycles. The van der Waals surface area contributed by atoms with Crippen molar-refractivity contribution in [2.24, 2.45) is 0 Å². The van der Waals surface area contributed by atoms with Gasteiger partial charge in [0, 0.05) is 0 Å². The van der Waals surface area contributed by atoms with Gasteiger partial charge in [0.2, 0.25) is 0 Å². The standard InChI is InChI=1S/C10H10BrNO/c1-2-3-6-9(13)8-5-4-7-10(11)12-8/h2-7,9,13H,1H2/b6-3+. The maximum Gasteiger partial charge on any atom is 0.114 e. The molecule has 0 bridgehead atoms. The average molecular weight is 240 g/mol. The van der Waals surface area contributed by atoms with E-state index in [2.05, 4.69) is 27.5 Å². The highest BCUT2D eigenvalue weighted by Gasteiger charge is 2.03. The Morgan fingerprint density at radius 2 is 2.31 bits per heavy atom. The van der Waals surface area contributed by atoms with Crippen molar-refractivity contribution in [2.45, 2.75) is 6.10 Å². The highest BCUT2D eigenvalue weighted by atomic mass is 79.9. The molecule has 0 amide bonds. The second-order valence-corrected chi connectivity index (χ2v) is 3.26.